The molecule has 7 rings (SSSR count). The van der Waals surface area contributed by atoms with Gasteiger partial charge in [0, 0.05) is 35.9 Å². The van der Waals surface area contributed by atoms with Crippen molar-refractivity contribution in [3.63, 3.8) is 0 Å². The van der Waals surface area contributed by atoms with Gasteiger partial charge in [-0.15, -0.1) is 0 Å². The van der Waals surface area contributed by atoms with E-state index >= 15 is 0 Å². The molecule has 1 aliphatic heterocycles. The van der Waals surface area contributed by atoms with E-state index in [1.807, 2.05) is 42.9 Å². The van der Waals surface area contributed by atoms with E-state index in [4.69, 9.17) is 9.97 Å². The highest BCUT2D eigenvalue weighted by Crippen LogP contribution is 2.35. The summed E-state index contributed by atoms with van der Waals surface area (Å²) in [5.74, 6) is 0. The molecule has 0 amide bonds. The third-order valence-corrected chi connectivity index (χ3v) is 7.86. The van der Waals surface area contributed by atoms with Gasteiger partial charge < -0.3 is 0 Å². The van der Waals surface area contributed by atoms with Crippen LogP contribution in [0.25, 0.3) is 44.8 Å². The highest BCUT2D eigenvalue weighted by Gasteiger charge is 2.14. The molecule has 42 heavy (non-hydrogen) atoms. The fourth-order valence-corrected chi connectivity index (χ4v) is 5.62. The molecule has 202 valence electrons. The number of benzene rings is 2. The first-order chi connectivity index (χ1) is 20.8. The molecule has 0 spiro atoms. The van der Waals surface area contributed by atoms with Crippen molar-refractivity contribution < 1.29 is 0 Å². The molecular weight excluding hydrogens is 512 g/mol. The second-order valence-corrected chi connectivity index (χ2v) is 10.6. The molecule has 4 nitrogen and oxygen atoms in total. The lowest BCUT2D eigenvalue weighted by atomic mass is 9.88. The first kappa shape index (κ1) is 25.7. The summed E-state index contributed by atoms with van der Waals surface area (Å²) >= 11 is 0. The van der Waals surface area contributed by atoms with Crippen LogP contribution in [0.15, 0.2) is 139 Å². The van der Waals surface area contributed by atoms with Gasteiger partial charge in [0.15, 0.2) is 0 Å². The number of pyridine rings is 3. The molecule has 0 fully saturated rings. The molecule has 4 heterocycles. The van der Waals surface area contributed by atoms with Crippen LogP contribution in [0.4, 0.5) is 0 Å². The van der Waals surface area contributed by atoms with Crippen LogP contribution in [0.5, 0.6) is 0 Å². The Hall–Kier alpha value is -5.22. The Morgan fingerprint density at radius 3 is 1.69 bits per heavy atom. The molecule has 3 aromatic heterocycles. The summed E-state index contributed by atoms with van der Waals surface area (Å²) in [5.41, 5.74) is 13.5. The van der Waals surface area contributed by atoms with Crippen LogP contribution < -0.4 is 0 Å². The van der Waals surface area contributed by atoms with Gasteiger partial charge in [-0.05, 0) is 83.3 Å². The quantitative estimate of drug-likeness (QED) is 0.228. The van der Waals surface area contributed by atoms with Crippen molar-refractivity contribution in [3.05, 3.63) is 151 Å². The maximum absolute atomic E-state index is 4.75. The van der Waals surface area contributed by atoms with Crippen LogP contribution >= 0.6 is 0 Å². The SMILES string of the molecule is C1=CN=C(c2ccc(-c3ccc4c(c3)C/C=C\C=C/Cc3cc(-c5ccc(-c6ccccn6)nc5)ccc3-4)cn2)CC1. The smallest absolute Gasteiger partial charge is 0.0886 e. The molecule has 0 saturated carbocycles. The van der Waals surface area contributed by atoms with E-state index in [0.717, 1.165) is 65.2 Å². The fraction of sp³-hybridized carbons (Fsp3) is 0.105. The number of aliphatic imine (C=N–C) groups is 1. The molecule has 0 atom stereocenters. The average molecular weight is 543 g/mol. The minimum atomic E-state index is 0.860. The van der Waals surface area contributed by atoms with Gasteiger partial charge in [0.1, 0.15) is 0 Å². The van der Waals surface area contributed by atoms with E-state index < -0.39 is 0 Å². The monoisotopic (exact) mass is 542 g/mol. The van der Waals surface area contributed by atoms with Crippen molar-refractivity contribution in [2.45, 2.75) is 25.7 Å². The van der Waals surface area contributed by atoms with Gasteiger partial charge in [-0.1, -0.05) is 85.0 Å². The highest BCUT2D eigenvalue weighted by molar-refractivity contribution is 6.00. The Bertz CT molecular complexity index is 1840. The van der Waals surface area contributed by atoms with Crippen molar-refractivity contribution in [2.75, 3.05) is 0 Å². The largest absolute Gasteiger partial charge is 0.259 e. The molecule has 2 aromatic carbocycles. The van der Waals surface area contributed by atoms with Gasteiger partial charge in [-0.3, -0.25) is 19.9 Å². The zero-order chi connectivity index (χ0) is 28.1. The molecule has 4 heteroatoms. The topological polar surface area (TPSA) is 51.0 Å². The maximum atomic E-state index is 4.75. The second kappa shape index (κ2) is 11.7. The van der Waals surface area contributed by atoms with Crippen LogP contribution in [-0.4, -0.2) is 20.7 Å². The summed E-state index contributed by atoms with van der Waals surface area (Å²) < 4.78 is 0. The lowest BCUT2D eigenvalue weighted by Crippen LogP contribution is -2.04. The number of fused-ring (bicyclic) bond motifs is 3. The highest BCUT2D eigenvalue weighted by atomic mass is 14.8. The zero-order valence-electron chi connectivity index (χ0n) is 23.3. The van der Waals surface area contributed by atoms with E-state index in [9.17, 15) is 0 Å². The Balaban J connectivity index is 1.22. The van der Waals surface area contributed by atoms with Gasteiger partial charge >= 0.3 is 0 Å². The standard InChI is InChI=1S/C38H30N4/c1-2-4-10-30-24-28(32-16-20-38(42-26-32)36-12-6-8-22-40-36)14-18-34(30)33-17-13-27(23-29(33)9-3-1)31-15-19-37(41-25-31)35-11-5-7-21-39-35/h1-5,7-8,11,13-26H,6,9-10,12H2/b3-1-,4-2-. The van der Waals surface area contributed by atoms with Gasteiger partial charge in [0.05, 0.1) is 22.8 Å². The first-order valence-corrected chi connectivity index (χ1v) is 14.5. The zero-order valence-corrected chi connectivity index (χ0v) is 23.3. The normalized spacial score (nSPS) is 15.7. The third-order valence-electron chi connectivity index (χ3n) is 7.86. The minimum Gasteiger partial charge on any atom is -0.259 e. The van der Waals surface area contributed by atoms with E-state index in [0.29, 0.717) is 0 Å². The number of allylic oxidation sites excluding steroid dienone is 5. The summed E-state index contributed by atoms with van der Waals surface area (Å²) in [6, 6.07) is 27.9. The molecule has 2 aliphatic rings. The second-order valence-electron chi connectivity index (χ2n) is 10.6. The van der Waals surface area contributed by atoms with Crippen molar-refractivity contribution >= 4 is 5.71 Å². The molecule has 0 radical (unpaired) electrons. The van der Waals surface area contributed by atoms with Crippen LogP contribution in [0.2, 0.25) is 0 Å². The average Bonchev–Trinajstić information content (AvgIpc) is 3.07. The van der Waals surface area contributed by atoms with E-state index in [1.54, 1.807) is 6.20 Å². The van der Waals surface area contributed by atoms with Crippen LogP contribution in [-0.2, 0) is 12.8 Å². The van der Waals surface area contributed by atoms with Crippen LogP contribution in [0, 0.1) is 0 Å². The molecule has 0 bridgehead atoms. The molecular formula is C38H30N4. The summed E-state index contributed by atoms with van der Waals surface area (Å²) in [7, 11) is 0. The third kappa shape index (κ3) is 5.39. The number of hydrogen-bond donors (Lipinski definition) is 0. The van der Waals surface area contributed by atoms with Crippen molar-refractivity contribution in [1.82, 2.24) is 15.0 Å². The Kier molecular flexibility index (Phi) is 7.18. The number of aromatic nitrogens is 3. The van der Waals surface area contributed by atoms with Crippen LogP contribution in [0.1, 0.15) is 29.7 Å². The predicted molar refractivity (Wildman–Crippen MR) is 172 cm³/mol. The Morgan fingerprint density at radius 1 is 0.524 bits per heavy atom. The number of hydrogen-bond acceptors (Lipinski definition) is 4. The van der Waals surface area contributed by atoms with Crippen molar-refractivity contribution in [2.24, 2.45) is 4.99 Å². The van der Waals surface area contributed by atoms with Gasteiger partial charge in [-0.2, -0.15) is 0 Å². The number of rotatable bonds is 4. The minimum absolute atomic E-state index is 0.860. The molecule has 1 aliphatic carbocycles. The van der Waals surface area contributed by atoms with Gasteiger partial charge in [0.25, 0.3) is 0 Å². The Morgan fingerprint density at radius 2 is 1.14 bits per heavy atom. The summed E-state index contributed by atoms with van der Waals surface area (Å²) in [6.45, 7) is 0. The molecule has 0 unspecified atom stereocenters. The fourth-order valence-electron chi connectivity index (χ4n) is 5.62. The predicted octanol–water partition coefficient (Wildman–Crippen LogP) is 8.85. The van der Waals surface area contributed by atoms with E-state index in [1.165, 1.54) is 27.8 Å². The Labute approximate surface area is 246 Å². The van der Waals surface area contributed by atoms with E-state index in [2.05, 4.69) is 95.0 Å². The lowest BCUT2D eigenvalue weighted by molar-refractivity contribution is 1.05. The molecule has 0 N–H and O–H groups in total. The van der Waals surface area contributed by atoms with Gasteiger partial charge in [-0.25, -0.2) is 0 Å². The molecule has 0 saturated heterocycles. The van der Waals surface area contributed by atoms with Gasteiger partial charge in [0.2, 0.25) is 0 Å². The first-order valence-electron chi connectivity index (χ1n) is 14.5. The lowest BCUT2D eigenvalue weighted by Gasteiger charge is -2.17. The van der Waals surface area contributed by atoms with Crippen LogP contribution in [0.3, 0.4) is 0 Å². The molecule has 5 aromatic rings. The maximum Gasteiger partial charge on any atom is 0.0886 e. The van der Waals surface area contributed by atoms with E-state index in [-0.39, 0.29) is 0 Å². The summed E-state index contributed by atoms with van der Waals surface area (Å²) in [6.07, 6.45) is 22.2. The number of nitrogens with zero attached hydrogens (tertiary/aromatic N) is 4. The van der Waals surface area contributed by atoms with Crippen molar-refractivity contribution in [1.29, 1.82) is 0 Å². The summed E-state index contributed by atoms with van der Waals surface area (Å²) in [5, 5.41) is 0. The summed E-state index contributed by atoms with van der Waals surface area (Å²) in [4.78, 5) is 18.4. The van der Waals surface area contributed by atoms with Crippen molar-refractivity contribution in [3.8, 4) is 44.8 Å².